The Labute approximate surface area is 235 Å². The molecule has 4 nitrogen and oxygen atoms in total. The molecule has 0 unspecified atom stereocenters. The summed E-state index contributed by atoms with van der Waals surface area (Å²) in [5.41, 5.74) is 8.50. The van der Waals surface area contributed by atoms with E-state index >= 15 is 0 Å². The first-order valence-electron chi connectivity index (χ1n) is 14.0. The molecule has 1 fully saturated rings. The highest BCUT2D eigenvalue weighted by atomic mass is 19.1. The van der Waals surface area contributed by atoms with Crippen LogP contribution >= 0.6 is 0 Å². The number of halogens is 1. The minimum atomic E-state index is -0.511. The molecule has 40 heavy (non-hydrogen) atoms. The number of benzene rings is 2. The number of aromatic nitrogens is 3. The number of ether oxygens (including phenoxy) is 1. The average molecular weight is 532 g/mol. The molecule has 1 saturated carbocycles. The van der Waals surface area contributed by atoms with Gasteiger partial charge in [0.25, 0.3) is 0 Å². The highest BCUT2D eigenvalue weighted by Gasteiger charge is 2.47. The molecule has 3 heterocycles. The van der Waals surface area contributed by atoms with Gasteiger partial charge in [-0.25, -0.2) is 9.97 Å². The number of nitrogens with zero attached hydrogens (tertiary/aromatic N) is 3. The van der Waals surface area contributed by atoms with Crippen molar-refractivity contribution in [3.8, 4) is 22.4 Å². The van der Waals surface area contributed by atoms with Crippen molar-refractivity contribution in [2.24, 2.45) is 5.41 Å². The first-order chi connectivity index (χ1) is 19.3. The predicted molar refractivity (Wildman–Crippen MR) is 158 cm³/mol. The molecule has 0 atom stereocenters. The van der Waals surface area contributed by atoms with Crippen LogP contribution in [0, 0.1) is 11.4 Å². The third-order valence-corrected chi connectivity index (χ3v) is 8.56. The van der Waals surface area contributed by atoms with Crippen molar-refractivity contribution in [1.82, 2.24) is 15.0 Å². The largest absolute Gasteiger partial charge is 0.370 e. The Morgan fingerprint density at radius 3 is 2.25 bits per heavy atom. The summed E-state index contributed by atoms with van der Waals surface area (Å²) in [6, 6.07) is 26.7. The fourth-order valence-corrected chi connectivity index (χ4v) is 6.07. The summed E-state index contributed by atoms with van der Waals surface area (Å²) in [6.07, 6.45) is 7.01. The van der Waals surface area contributed by atoms with Gasteiger partial charge in [0.1, 0.15) is 0 Å². The van der Waals surface area contributed by atoms with Crippen molar-refractivity contribution in [2.45, 2.75) is 58.7 Å². The zero-order valence-electron chi connectivity index (χ0n) is 23.3. The number of pyridine rings is 3. The van der Waals surface area contributed by atoms with Gasteiger partial charge in [-0.05, 0) is 59.2 Å². The average Bonchev–Trinajstić information content (AvgIpc) is 2.92. The standard InChI is InChI=1S/C35H34FN3O/c1-34(2,3)35(16-7-17-35)27-12-10-26(11-13-27)33-28(25-8-5-4-6-9-25)21-29-30(39-33)15-19-37-31(29)23-40-22-24-14-18-38-32(36)20-24/h4-6,8-15,18-21H,7,16-17,22-23H2,1-3H3. The van der Waals surface area contributed by atoms with Gasteiger partial charge in [0.2, 0.25) is 5.95 Å². The topological polar surface area (TPSA) is 47.9 Å². The second-order valence-electron chi connectivity index (χ2n) is 11.8. The number of fused-ring (bicyclic) bond motifs is 1. The fourth-order valence-electron chi connectivity index (χ4n) is 6.07. The zero-order chi connectivity index (χ0) is 27.7. The minimum Gasteiger partial charge on any atom is -0.370 e. The van der Waals surface area contributed by atoms with E-state index in [1.807, 2.05) is 12.1 Å². The Morgan fingerprint density at radius 1 is 0.825 bits per heavy atom. The van der Waals surface area contributed by atoms with Gasteiger partial charge in [-0.15, -0.1) is 0 Å². The molecule has 2 aromatic carbocycles. The van der Waals surface area contributed by atoms with E-state index in [-0.39, 0.29) is 17.4 Å². The zero-order valence-corrected chi connectivity index (χ0v) is 23.3. The van der Waals surface area contributed by atoms with Crippen molar-refractivity contribution in [3.05, 3.63) is 114 Å². The quantitative estimate of drug-likeness (QED) is 0.197. The normalized spacial score (nSPS) is 14.7. The minimum absolute atomic E-state index is 0.222. The van der Waals surface area contributed by atoms with Gasteiger partial charge >= 0.3 is 0 Å². The van der Waals surface area contributed by atoms with Crippen molar-refractivity contribution in [2.75, 3.05) is 0 Å². The predicted octanol–water partition coefficient (Wildman–Crippen LogP) is 8.68. The fraction of sp³-hybridized carbons (Fsp3) is 0.286. The molecule has 0 saturated heterocycles. The second-order valence-corrected chi connectivity index (χ2v) is 11.8. The van der Waals surface area contributed by atoms with Gasteiger partial charge < -0.3 is 4.74 Å². The first-order valence-corrected chi connectivity index (χ1v) is 14.0. The van der Waals surface area contributed by atoms with E-state index in [4.69, 9.17) is 9.72 Å². The van der Waals surface area contributed by atoms with Crippen LogP contribution in [0.3, 0.4) is 0 Å². The van der Waals surface area contributed by atoms with Gasteiger partial charge in [0.15, 0.2) is 0 Å². The molecule has 6 rings (SSSR count). The van der Waals surface area contributed by atoms with E-state index in [2.05, 4.69) is 85.3 Å². The number of hydrogen-bond donors (Lipinski definition) is 0. The van der Waals surface area contributed by atoms with Crippen LogP contribution in [0.1, 0.15) is 56.9 Å². The van der Waals surface area contributed by atoms with Crippen molar-refractivity contribution < 1.29 is 9.13 Å². The Morgan fingerprint density at radius 2 is 1.57 bits per heavy atom. The van der Waals surface area contributed by atoms with Crippen LogP contribution < -0.4 is 0 Å². The lowest BCUT2D eigenvalue weighted by Crippen LogP contribution is -2.45. The lowest BCUT2D eigenvalue weighted by Gasteiger charge is -2.52. The molecular weight excluding hydrogens is 497 g/mol. The van der Waals surface area contributed by atoms with Crippen LogP contribution in [0.2, 0.25) is 0 Å². The van der Waals surface area contributed by atoms with Crippen LogP contribution in [0.4, 0.5) is 4.39 Å². The molecule has 5 aromatic rings. The Hall–Kier alpha value is -3.96. The molecule has 5 heteroatoms. The number of rotatable bonds is 7. The van der Waals surface area contributed by atoms with E-state index in [0.717, 1.165) is 44.5 Å². The van der Waals surface area contributed by atoms with Crippen LogP contribution in [0.5, 0.6) is 0 Å². The van der Waals surface area contributed by atoms with Crippen LogP contribution in [-0.4, -0.2) is 15.0 Å². The molecule has 0 radical (unpaired) electrons. The summed E-state index contributed by atoms with van der Waals surface area (Å²) in [4.78, 5) is 13.4. The summed E-state index contributed by atoms with van der Waals surface area (Å²) in [5.74, 6) is -0.511. The summed E-state index contributed by atoms with van der Waals surface area (Å²) in [7, 11) is 0. The molecule has 0 N–H and O–H groups in total. The van der Waals surface area contributed by atoms with Crippen LogP contribution in [0.15, 0.2) is 91.3 Å². The van der Waals surface area contributed by atoms with Gasteiger partial charge in [0, 0.05) is 34.3 Å². The smallest absolute Gasteiger partial charge is 0.213 e. The Bertz CT molecular complexity index is 1640. The Kier molecular flexibility index (Phi) is 6.93. The Balaban J connectivity index is 1.38. The maximum atomic E-state index is 13.5. The van der Waals surface area contributed by atoms with Gasteiger partial charge in [0.05, 0.1) is 30.1 Å². The molecule has 0 amide bonds. The third-order valence-electron chi connectivity index (χ3n) is 8.56. The van der Waals surface area contributed by atoms with E-state index in [9.17, 15) is 4.39 Å². The number of hydrogen-bond acceptors (Lipinski definition) is 4. The van der Waals surface area contributed by atoms with Crippen LogP contribution in [-0.2, 0) is 23.4 Å². The maximum Gasteiger partial charge on any atom is 0.213 e. The third kappa shape index (κ3) is 4.90. The summed E-state index contributed by atoms with van der Waals surface area (Å²) in [5, 5.41) is 0.948. The lowest BCUT2D eigenvalue weighted by molar-refractivity contribution is 0.0852. The van der Waals surface area contributed by atoms with E-state index in [1.165, 1.54) is 37.1 Å². The monoisotopic (exact) mass is 531 g/mol. The molecule has 202 valence electrons. The summed E-state index contributed by atoms with van der Waals surface area (Å²) >= 11 is 0. The highest BCUT2D eigenvalue weighted by molar-refractivity contribution is 5.92. The summed E-state index contributed by atoms with van der Waals surface area (Å²) in [6.45, 7) is 7.66. The van der Waals surface area contributed by atoms with E-state index < -0.39 is 5.95 Å². The molecule has 0 bridgehead atoms. The van der Waals surface area contributed by atoms with E-state index in [1.54, 1.807) is 12.3 Å². The van der Waals surface area contributed by atoms with Gasteiger partial charge in [-0.2, -0.15) is 4.39 Å². The lowest BCUT2D eigenvalue weighted by atomic mass is 9.52. The van der Waals surface area contributed by atoms with E-state index in [0.29, 0.717) is 6.61 Å². The van der Waals surface area contributed by atoms with Crippen LogP contribution in [0.25, 0.3) is 33.3 Å². The van der Waals surface area contributed by atoms with Gasteiger partial charge in [-0.3, -0.25) is 4.98 Å². The molecule has 1 aliphatic rings. The molecule has 0 aliphatic heterocycles. The maximum absolute atomic E-state index is 13.5. The van der Waals surface area contributed by atoms with Crippen molar-refractivity contribution >= 4 is 10.9 Å². The molecular formula is C35H34FN3O. The SMILES string of the molecule is CC(C)(C)C1(c2ccc(-c3nc4ccnc(COCc5ccnc(F)c5)c4cc3-c3ccccc3)cc2)CCC1. The summed E-state index contributed by atoms with van der Waals surface area (Å²) < 4.78 is 19.4. The first kappa shape index (κ1) is 26.3. The molecule has 0 spiro atoms. The van der Waals surface area contributed by atoms with Crippen molar-refractivity contribution in [3.63, 3.8) is 0 Å². The second kappa shape index (κ2) is 10.5. The highest BCUT2D eigenvalue weighted by Crippen LogP contribution is 2.55. The molecule has 3 aromatic heterocycles. The van der Waals surface area contributed by atoms with Crippen molar-refractivity contribution in [1.29, 1.82) is 0 Å². The molecule has 1 aliphatic carbocycles. The van der Waals surface area contributed by atoms with Gasteiger partial charge in [-0.1, -0.05) is 81.8 Å².